The van der Waals surface area contributed by atoms with Crippen molar-refractivity contribution in [2.75, 3.05) is 11.9 Å². The van der Waals surface area contributed by atoms with Gasteiger partial charge in [0.1, 0.15) is 0 Å². The van der Waals surface area contributed by atoms with Crippen LogP contribution in [0.3, 0.4) is 0 Å². The molecule has 0 unspecified atom stereocenters. The Bertz CT molecular complexity index is 470. The first-order valence-corrected chi connectivity index (χ1v) is 6.49. The predicted molar refractivity (Wildman–Crippen MR) is 71.7 cm³/mol. The van der Waals surface area contributed by atoms with Crippen LogP contribution >= 0.6 is 0 Å². The maximum Gasteiger partial charge on any atom is 0.407 e. The molecule has 0 aliphatic heterocycles. The van der Waals surface area contributed by atoms with Gasteiger partial charge in [-0.3, -0.25) is 4.79 Å². The highest BCUT2D eigenvalue weighted by atomic mass is 16.5. The molecular weight excluding hydrogens is 244 g/mol. The molecule has 0 heterocycles. The van der Waals surface area contributed by atoms with Crippen LogP contribution in [0.1, 0.15) is 25.3 Å². The van der Waals surface area contributed by atoms with Gasteiger partial charge in [-0.1, -0.05) is 12.1 Å². The summed E-state index contributed by atoms with van der Waals surface area (Å²) in [5.74, 6) is 0.261. The fraction of sp³-hybridized carbons (Fsp3) is 0.429. The molecule has 2 amide bonds. The third-order valence-electron chi connectivity index (χ3n) is 2.85. The molecule has 1 aliphatic rings. The molecule has 2 rings (SSSR count). The van der Waals surface area contributed by atoms with Crippen LogP contribution in [-0.4, -0.2) is 18.6 Å². The highest BCUT2D eigenvalue weighted by Gasteiger charge is 2.29. The van der Waals surface area contributed by atoms with Crippen molar-refractivity contribution in [1.82, 2.24) is 5.32 Å². The Hall–Kier alpha value is -2.04. The fourth-order valence-corrected chi connectivity index (χ4v) is 1.71. The molecule has 1 aromatic carbocycles. The molecule has 0 atom stereocenters. The summed E-state index contributed by atoms with van der Waals surface area (Å²) < 4.78 is 4.78. The van der Waals surface area contributed by atoms with E-state index in [-0.39, 0.29) is 11.8 Å². The summed E-state index contributed by atoms with van der Waals surface area (Å²) in [6.07, 6.45) is 1.53. The molecule has 0 radical (unpaired) electrons. The second-order valence-corrected chi connectivity index (χ2v) is 4.54. The number of benzene rings is 1. The predicted octanol–water partition coefficient (Wildman–Crippen LogP) is 2.28. The molecule has 5 nitrogen and oxygen atoms in total. The quantitative estimate of drug-likeness (QED) is 0.855. The van der Waals surface area contributed by atoms with Crippen molar-refractivity contribution in [2.45, 2.75) is 26.3 Å². The van der Waals surface area contributed by atoms with Crippen molar-refractivity contribution in [3.05, 3.63) is 29.8 Å². The fourth-order valence-electron chi connectivity index (χ4n) is 1.71. The number of nitrogens with one attached hydrogen (secondary N) is 2. The molecule has 0 aromatic heterocycles. The SMILES string of the molecule is CCOC(=O)NCc1cccc(NC(=O)C2CC2)c1. The molecule has 19 heavy (non-hydrogen) atoms. The Morgan fingerprint density at radius 2 is 2.16 bits per heavy atom. The number of carbonyl (C=O) groups excluding carboxylic acids is 2. The van der Waals surface area contributed by atoms with Crippen molar-refractivity contribution < 1.29 is 14.3 Å². The van der Waals surface area contributed by atoms with E-state index in [0.717, 1.165) is 24.1 Å². The van der Waals surface area contributed by atoms with Crippen molar-refractivity contribution in [3.8, 4) is 0 Å². The average Bonchev–Trinajstić information content (AvgIpc) is 3.21. The summed E-state index contributed by atoms with van der Waals surface area (Å²) in [6.45, 7) is 2.49. The summed E-state index contributed by atoms with van der Waals surface area (Å²) in [7, 11) is 0. The first-order valence-electron chi connectivity index (χ1n) is 6.49. The molecule has 102 valence electrons. The zero-order valence-corrected chi connectivity index (χ0v) is 10.9. The van der Waals surface area contributed by atoms with Gasteiger partial charge in [0.15, 0.2) is 0 Å². The Balaban J connectivity index is 1.87. The minimum absolute atomic E-state index is 0.0792. The molecule has 1 aliphatic carbocycles. The Morgan fingerprint density at radius 1 is 1.37 bits per heavy atom. The normalized spacial score (nSPS) is 13.7. The van der Waals surface area contributed by atoms with Crippen molar-refractivity contribution in [3.63, 3.8) is 0 Å². The van der Waals surface area contributed by atoms with Crippen molar-refractivity contribution in [2.24, 2.45) is 5.92 Å². The van der Waals surface area contributed by atoms with E-state index < -0.39 is 6.09 Å². The van der Waals surface area contributed by atoms with Gasteiger partial charge in [0.05, 0.1) is 6.61 Å². The van der Waals surface area contributed by atoms with Gasteiger partial charge in [-0.15, -0.1) is 0 Å². The van der Waals surface area contributed by atoms with E-state index in [2.05, 4.69) is 10.6 Å². The van der Waals surface area contributed by atoms with Crippen LogP contribution < -0.4 is 10.6 Å². The van der Waals surface area contributed by atoms with Crippen LogP contribution in [0.2, 0.25) is 0 Å². The summed E-state index contributed by atoms with van der Waals surface area (Å²) in [6, 6.07) is 7.43. The van der Waals surface area contributed by atoms with E-state index in [1.54, 1.807) is 6.92 Å². The second kappa shape index (κ2) is 6.22. The van der Waals surface area contributed by atoms with E-state index >= 15 is 0 Å². The van der Waals surface area contributed by atoms with Gasteiger partial charge in [0.25, 0.3) is 0 Å². The topological polar surface area (TPSA) is 67.4 Å². The monoisotopic (exact) mass is 262 g/mol. The molecular formula is C14H18N2O3. The van der Waals surface area contributed by atoms with Crippen molar-refractivity contribution >= 4 is 17.7 Å². The lowest BCUT2D eigenvalue weighted by Gasteiger charge is -2.08. The lowest BCUT2D eigenvalue weighted by atomic mass is 10.2. The third-order valence-corrected chi connectivity index (χ3v) is 2.85. The van der Waals surface area contributed by atoms with E-state index in [9.17, 15) is 9.59 Å². The van der Waals surface area contributed by atoms with Crippen molar-refractivity contribution in [1.29, 1.82) is 0 Å². The van der Waals surface area contributed by atoms with Crippen LogP contribution in [-0.2, 0) is 16.1 Å². The highest BCUT2D eigenvalue weighted by Crippen LogP contribution is 2.30. The van der Waals surface area contributed by atoms with Gasteiger partial charge in [-0.05, 0) is 37.5 Å². The van der Waals surface area contributed by atoms with Gasteiger partial charge >= 0.3 is 6.09 Å². The number of alkyl carbamates (subject to hydrolysis) is 1. The van der Waals surface area contributed by atoms with E-state index in [1.807, 2.05) is 24.3 Å². The molecule has 2 N–H and O–H groups in total. The standard InChI is InChI=1S/C14H18N2O3/c1-2-19-14(18)15-9-10-4-3-5-12(8-10)16-13(17)11-6-7-11/h3-5,8,11H,2,6-7,9H2,1H3,(H,15,18)(H,16,17). The van der Waals surface area contributed by atoms with E-state index in [4.69, 9.17) is 4.74 Å². The summed E-state index contributed by atoms with van der Waals surface area (Å²) in [4.78, 5) is 22.8. The summed E-state index contributed by atoms with van der Waals surface area (Å²) in [5, 5.41) is 5.52. The van der Waals surface area contributed by atoms with Crippen LogP contribution in [0.15, 0.2) is 24.3 Å². The number of hydrogen-bond acceptors (Lipinski definition) is 3. The van der Waals surface area contributed by atoms with E-state index in [1.165, 1.54) is 0 Å². The molecule has 5 heteroatoms. The number of hydrogen-bond donors (Lipinski definition) is 2. The van der Waals surface area contributed by atoms with Crippen LogP contribution in [0.5, 0.6) is 0 Å². The maximum atomic E-state index is 11.6. The first-order chi connectivity index (χ1) is 9.19. The zero-order valence-electron chi connectivity index (χ0n) is 10.9. The summed E-state index contributed by atoms with van der Waals surface area (Å²) in [5.41, 5.74) is 1.68. The zero-order chi connectivity index (χ0) is 13.7. The van der Waals surface area contributed by atoms with Crippen LogP contribution in [0.25, 0.3) is 0 Å². The molecule has 0 spiro atoms. The van der Waals surface area contributed by atoms with Gasteiger partial charge in [0, 0.05) is 18.2 Å². The Morgan fingerprint density at radius 3 is 2.84 bits per heavy atom. The Labute approximate surface area is 112 Å². The highest BCUT2D eigenvalue weighted by molar-refractivity contribution is 5.94. The molecule has 1 fully saturated rings. The van der Waals surface area contributed by atoms with Gasteiger partial charge in [-0.2, -0.15) is 0 Å². The lowest BCUT2D eigenvalue weighted by molar-refractivity contribution is -0.117. The number of anilines is 1. The number of ether oxygens (including phenoxy) is 1. The van der Waals surface area contributed by atoms with Crippen LogP contribution in [0.4, 0.5) is 10.5 Å². The minimum atomic E-state index is -0.435. The maximum absolute atomic E-state index is 11.6. The first kappa shape index (κ1) is 13.4. The van der Waals surface area contributed by atoms with Gasteiger partial charge < -0.3 is 15.4 Å². The number of amides is 2. The molecule has 0 saturated heterocycles. The number of rotatable bonds is 5. The van der Waals surface area contributed by atoms with Gasteiger partial charge in [-0.25, -0.2) is 4.79 Å². The number of carbonyl (C=O) groups is 2. The summed E-state index contributed by atoms with van der Waals surface area (Å²) >= 11 is 0. The second-order valence-electron chi connectivity index (χ2n) is 4.54. The Kier molecular flexibility index (Phi) is 4.39. The molecule has 0 bridgehead atoms. The largest absolute Gasteiger partial charge is 0.450 e. The minimum Gasteiger partial charge on any atom is -0.450 e. The van der Waals surface area contributed by atoms with Gasteiger partial charge in [0.2, 0.25) is 5.91 Å². The lowest BCUT2D eigenvalue weighted by Crippen LogP contribution is -2.23. The average molecular weight is 262 g/mol. The van der Waals surface area contributed by atoms with Crippen LogP contribution in [0, 0.1) is 5.92 Å². The van der Waals surface area contributed by atoms with E-state index in [0.29, 0.717) is 13.2 Å². The molecule has 1 saturated carbocycles. The smallest absolute Gasteiger partial charge is 0.407 e. The third kappa shape index (κ3) is 4.28. The molecule has 1 aromatic rings.